The van der Waals surface area contributed by atoms with Crippen LogP contribution in [0.1, 0.15) is 47.7 Å². The van der Waals surface area contributed by atoms with Crippen molar-refractivity contribution in [2.75, 3.05) is 19.7 Å². The first-order valence-electron chi connectivity index (χ1n) is 7.99. The van der Waals surface area contributed by atoms with Gasteiger partial charge in [0, 0.05) is 18.7 Å². The molecule has 3 heteroatoms. The van der Waals surface area contributed by atoms with Crippen molar-refractivity contribution in [2.45, 2.75) is 46.1 Å². The zero-order valence-electron chi connectivity index (χ0n) is 13.4. The number of hydrogen-bond donors (Lipinski definition) is 1. The quantitative estimate of drug-likeness (QED) is 0.847. The molecule has 1 heterocycles. The number of aliphatic hydroxyl groups is 1. The molecule has 2 atom stereocenters. The van der Waals surface area contributed by atoms with Gasteiger partial charge >= 0.3 is 0 Å². The number of hydrogen-bond acceptors (Lipinski definition) is 3. The first-order chi connectivity index (χ1) is 10.0. The fourth-order valence-electron chi connectivity index (χ4n) is 3.26. The Morgan fingerprint density at radius 3 is 2.90 bits per heavy atom. The van der Waals surface area contributed by atoms with Crippen molar-refractivity contribution >= 4 is 5.78 Å². The van der Waals surface area contributed by atoms with Gasteiger partial charge in [-0.25, -0.2) is 0 Å². The highest BCUT2D eigenvalue weighted by atomic mass is 16.3. The van der Waals surface area contributed by atoms with Crippen molar-refractivity contribution in [3.05, 3.63) is 34.9 Å². The van der Waals surface area contributed by atoms with Crippen molar-refractivity contribution < 1.29 is 9.90 Å². The van der Waals surface area contributed by atoms with Gasteiger partial charge < -0.3 is 5.11 Å². The summed E-state index contributed by atoms with van der Waals surface area (Å²) in [5.74, 6) is 0.749. The van der Waals surface area contributed by atoms with Gasteiger partial charge in [-0.05, 0) is 64.1 Å². The molecule has 1 N–H and O–H groups in total. The molecule has 0 radical (unpaired) electrons. The number of aliphatic hydroxyl groups excluding tert-OH is 1. The number of carbonyl (C=O) groups is 1. The lowest BCUT2D eigenvalue weighted by molar-refractivity contribution is 0.0727. The number of Topliss-reactive ketones (excluding diaryl/α,β-unsaturated/α-hetero) is 1. The van der Waals surface area contributed by atoms with Gasteiger partial charge in [-0.2, -0.15) is 0 Å². The van der Waals surface area contributed by atoms with E-state index in [9.17, 15) is 4.79 Å². The maximum Gasteiger partial charge on any atom is 0.179 e. The minimum atomic E-state index is -0.0769. The lowest BCUT2D eigenvalue weighted by Gasteiger charge is -2.36. The standard InChI is InChI=1S/C18H27NO2/c1-13-6-7-14(2)17(11-13)18(21)15(3)19-9-4-5-16(12-19)8-10-20/h6-7,11,15-16,20H,4-5,8-10,12H2,1-3H3. The summed E-state index contributed by atoms with van der Waals surface area (Å²) in [5.41, 5.74) is 3.04. The molecule has 1 aromatic rings. The van der Waals surface area contributed by atoms with Gasteiger partial charge in [0.25, 0.3) is 0 Å². The van der Waals surface area contributed by atoms with Crippen LogP contribution in [-0.4, -0.2) is 41.5 Å². The van der Waals surface area contributed by atoms with E-state index in [0.717, 1.165) is 42.6 Å². The molecule has 116 valence electrons. The maximum atomic E-state index is 12.8. The van der Waals surface area contributed by atoms with Crippen molar-refractivity contribution in [2.24, 2.45) is 5.92 Å². The topological polar surface area (TPSA) is 40.5 Å². The van der Waals surface area contributed by atoms with Crippen LogP contribution in [0.3, 0.4) is 0 Å². The Morgan fingerprint density at radius 1 is 1.43 bits per heavy atom. The summed E-state index contributed by atoms with van der Waals surface area (Å²) in [6.07, 6.45) is 3.14. The molecular weight excluding hydrogens is 262 g/mol. The first-order valence-corrected chi connectivity index (χ1v) is 7.99. The number of piperidine rings is 1. The molecule has 3 nitrogen and oxygen atoms in total. The minimum Gasteiger partial charge on any atom is -0.396 e. The van der Waals surface area contributed by atoms with Crippen molar-refractivity contribution in [1.82, 2.24) is 4.90 Å². The fraction of sp³-hybridized carbons (Fsp3) is 0.611. The Kier molecular flexibility index (Phi) is 5.54. The van der Waals surface area contributed by atoms with E-state index in [1.54, 1.807) is 0 Å². The van der Waals surface area contributed by atoms with E-state index in [-0.39, 0.29) is 18.4 Å². The summed E-state index contributed by atoms with van der Waals surface area (Å²) in [7, 11) is 0. The van der Waals surface area contributed by atoms with Gasteiger partial charge in [-0.1, -0.05) is 17.7 Å². The minimum absolute atomic E-state index is 0.0769. The van der Waals surface area contributed by atoms with E-state index in [4.69, 9.17) is 5.11 Å². The summed E-state index contributed by atoms with van der Waals surface area (Å²) < 4.78 is 0. The van der Waals surface area contributed by atoms with Crippen molar-refractivity contribution in [3.8, 4) is 0 Å². The lowest BCUT2D eigenvalue weighted by Crippen LogP contribution is -2.45. The first kappa shape index (κ1) is 16.2. The second-order valence-electron chi connectivity index (χ2n) is 6.37. The van der Waals surface area contributed by atoms with E-state index < -0.39 is 0 Å². The highest BCUT2D eigenvalue weighted by molar-refractivity contribution is 6.01. The molecule has 0 spiro atoms. The highest BCUT2D eigenvalue weighted by Gasteiger charge is 2.28. The third-order valence-corrected chi connectivity index (χ3v) is 4.67. The number of benzene rings is 1. The second kappa shape index (κ2) is 7.19. The molecule has 0 bridgehead atoms. The summed E-state index contributed by atoms with van der Waals surface area (Å²) in [6.45, 7) is 8.21. The smallest absolute Gasteiger partial charge is 0.179 e. The molecule has 2 rings (SSSR count). The average Bonchev–Trinajstić information content (AvgIpc) is 2.49. The summed E-state index contributed by atoms with van der Waals surface area (Å²) in [5, 5.41) is 9.11. The van der Waals surface area contributed by atoms with E-state index in [2.05, 4.69) is 11.0 Å². The van der Waals surface area contributed by atoms with Gasteiger partial charge in [0.1, 0.15) is 0 Å². The Labute approximate surface area is 128 Å². The van der Waals surface area contributed by atoms with E-state index in [0.29, 0.717) is 5.92 Å². The molecule has 1 fully saturated rings. The van der Waals surface area contributed by atoms with Crippen molar-refractivity contribution in [3.63, 3.8) is 0 Å². The fourth-order valence-corrected chi connectivity index (χ4v) is 3.26. The van der Waals surface area contributed by atoms with Gasteiger partial charge in [-0.3, -0.25) is 9.69 Å². The largest absolute Gasteiger partial charge is 0.396 e. The zero-order chi connectivity index (χ0) is 15.4. The molecule has 1 aliphatic heterocycles. The molecule has 0 amide bonds. The normalized spacial score (nSPS) is 21.2. The van der Waals surface area contributed by atoms with Crippen LogP contribution in [0.5, 0.6) is 0 Å². The molecule has 21 heavy (non-hydrogen) atoms. The Morgan fingerprint density at radius 2 is 2.19 bits per heavy atom. The number of likely N-dealkylation sites (tertiary alicyclic amines) is 1. The number of aryl methyl sites for hydroxylation is 2. The molecule has 0 aromatic heterocycles. The number of carbonyl (C=O) groups excluding carboxylic acids is 1. The molecule has 1 aliphatic rings. The van der Waals surface area contributed by atoms with Gasteiger partial charge in [0.2, 0.25) is 0 Å². The van der Waals surface area contributed by atoms with Crippen LogP contribution in [0.15, 0.2) is 18.2 Å². The highest BCUT2D eigenvalue weighted by Crippen LogP contribution is 2.23. The Bertz CT molecular complexity index is 496. The predicted molar refractivity (Wildman–Crippen MR) is 85.7 cm³/mol. The molecule has 2 unspecified atom stereocenters. The van der Waals surface area contributed by atoms with Gasteiger partial charge in [-0.15, -0.1) is 0 Å². The third kappa shape index (κ3) is 3.92. The average molecular weight is 289 g/mol. The number of nitrogens with zero attached hydrogens (tertiary/aromatic N) is 1. The van der Waals surface area contributed by atoms with Crippen LogP contribution in [0.4, 0.5) is 0 Å². The number of rotatable bonds is 5. The Hall–Kier alpha value is -1.19. The van der Waals surface area contributed by atoms with Crippen LogP contribution in [0, 0.1) is 19.8 Å². The third-order valence-electron chi connectivity index (χ3n) is 4.67. The zero-order valence-corrected chi connectivity index (χ0v) is 13.4. The lowest BCUT2D eigenvalue weighted by atomic mass is 9.92. The molecular formula is C18H27NO2. The molecule has 0 saturated carbocycles. The van der Waals surface area contributed by atoms with E-state index in [1.165, 1.54) is 6.42 Å². The predicted octanol–water partition coefficient (Wildman–Crippen LogP) is 2.97. The molecule has 0 aliphatic carbocycles. The SMILES string of the molecule is Cc1ccc(C)c(C(=O)C(C)N2CCCC(CCO)C2)c1. The second-order valence-corrected chi connectivity index (χ2v) is 6.37. The van der Waals surface area contributed by atoms with Crippen LogP contribution < -0.4 is 0 Å². The van der Waals surface area contributed by atoms with Gasteiger partial charge in [0.05, 0.1) is 6.04 Å². The molecule has 1 saturated heterocycles. The van der Waals surface area contributed by atoms with Crippen molar-refractivity contribution in [1.29, 1.82) is 0 Å². The summed E-state index contributed by atoms with van der Waals surface area (Å²) >= 11 is 0. The van der Waals surface area contributed by atoms with Crippen LogP contribution >= 0.6 is 0 Å². The summed E-state index contributed by atoms with van der Waals surface area (Å²) in [6, 6.07) is 6.00. The van der Waals surface area contributed by atoms with Crippen LogP contribution in [-0.2, 0) is 0 Å². The maximum absolute atomic E-state index is 12.8. The van der Waals surface area contributed by atoms with Crippen LogP contribution in [0.25, 0.3) is 0 Å². The number of ketones is 1. The van der Waals surface area contributed by atoms with Crippen LogP contribution in [0.2, 0.25) is 0 Å². The Balaban J connectivity index is 2.09. The van der Waals surface area contributed by atoms with Gasteiger partial charge in [0.15, 0.2) is 5.78 Å². The molecule has 1 aromatic carbocycles. The monoisotopic (exact) mass is 289 g/mol. The van der Waals surface area contributed by atoms with E-state index >= 15 is 0 Å². The summed E-state index contributed by atoms with van der Waals surface area (Å²) in [4.78, 5) is 15.1. The van der Waals surface area contributed by atoms with E-state index in [1.807, 2.05) is 32.9 Å².